The van der Waals surface area contributed by atoms with Crippen molar-refractivity contribution in [3.63, 3.8) is 0 Å². The Morgan fingerprint density at radius 1 is 1.33 bits per heavy atom. The summed E-state index contributed by atoms with van der Waals surface area (Å²) in [5, 5.41) is 8.84. The number of nitrogens with one attached hydrogen (secondary N) is 1. The summed E-state index contributed by atoms with van der Waals surface area (Å²) in [5.74, 6) is 0.644. The van der Waals surface area contributed by atoms with E-state index in [-0.39, 0.29) is 11.5 Å². The first-order chi connectivity index (χ1) is 8.49. The summed E-state index contributed by atoms with van der Waals surface area (Å²) >= 11 is 0. The molecule has 0 amide bonds. The maximum atomic E-state index is 11.9. The molecule has 0 aliphatic carbocycles. The van der Waals surface area contributed by atoms with E-state index in [1.54, 1.807) is 19.1 Å². The molecule has 1 aromatic rings. The molecule has 5 nitrogen and oxygen atoms in total. The molecule has 1 aromatic carbocycles. The third-order valence-corrected chi connectivity index (χ3v) is 3.84. The fourth-order valence-corrected chi connectivity index (χ4v) is 2.54. The number of rotatable bonds is 7. The summed E-state index contributed by atoms with van der Waals surface area (Å²) in [4.78, 5) is 0.159. The highest BCUT2D eigenvalue weighted by atomic mass is 32.2. The van der Waals surface area contributed by atoms with Crippen LogP contribution in [0.2, 0.25) is 0 Å². The van der Waals surface area contributed by atoms with Crippen molar-refractivity contribution in [3.8, 4) is 5.75 Å². The van der Waals surface area contributed by atoms with Crippen LogP contribution in [0, 0.1) is 0 Å². The molecule has 0 saturated carbocycles. The lowest BCUT2D eigenvalue weighted by molar-refractivity contribution is 0.265. The van der Waals surface area contributed by atoms with E-state index in [1.807, 2.05) is 6.92 Å². The van der Waals surface area contributed by atoms with Gasteiger partial charge in [0.25, 0.3) is 0 Å². The van der Waals surface area contributed by atoms with Crippen molar-refractivity contribution >= 4 is 10.0 Å². The molecular weight excluding hydrogens is 254 g/mol. The standard InChI is InChI=1S/C12H19NO4S/c1-3-8-17-11-4-6-12(7-5-11)18(15,16)13-10(2)9-14/h4-7,10,13-14H,3,8-9H2,1-2H3/t10-/m0/s1. The van der Waals surface area contributed by atoms with E-state index in [2.05, 4.69) is 4.72 Å². The lowest BCUT2D eigenvalue weighted by Crippen LogP contribution is -2.34. The van der Waals surface area contributed by atoms with Gasteiger partial charge in [-0.05, 0) is 37.6 Å². The summed E-state index contributed by atoms with van der Waals surface area (Å²) in [5.41, 5.74) is 0. The number of ether oxygens (including phenoxy) is 1. The van der Waals surface area contributed by atoms with Crippen LogP contribution in [0.1, 0.15) is 20.3 Å². The Labute approximate surface area is 108 Å². The fraction of sp³-hybridized carbons (Fsp3) is 0.500. The van der Waals surface area contributed by atoms with Gasteiger partial charge in [0.1, 0.15) is 5.75 Å². The SMILES string of the molecule is CCCOc1ccc(S(=O)(=O)N[C@@H](C)CO)cc1. The first-order valence-corrected chi connectivity index (χ1v) is 7.34. The summed E-state index contributed by atoms with van der Waals surface area (Å²) in [6.07, 6.45) is 0.898. The zero-order valence-electron chi connectivity index (χ0n) is 10.6. The van der Waals surface area contributed by atoms with Gasteiger partial charge < -0.3 is 9.84 Å². The van der Waals surface area contributed by atoms with Crippen LogP contribution in [0.25, 0.3) is 0 Å². The zero-order valence-corrected chi connectivity index (χ0v) is 11.4. The van der Waals surface area contributed by atoms with E-state index < -0.39 is 16.1 Å². The molecule has 0 unspecified atom stereocenters. The van der Waals surface area contributed by atoms with Gasteiger partial charge >= 0.3 is 0 Å². The van der Waals surface area contributed by atoms with Gasteiger partial charge in [0.15, 0.2) is 0 Å². The van der Waals surface area contributed by atoms with Crippen LogP contribution in [0.5, 0.6) is 5.75 Å². The third-order valence-electron chi connectivity index (χ3n) is 2.24. The molecule has 0 heterocycles. The van der Waals surface area contributed by atoms with Gasteiger partial charge in [0, 0.05) is 6.04 Å². The van der Waals surface area contributed by atoms with Crippen LogP contribution in [0.15, 0.2) is 29.2 Å². The van der Waals surface area contributed by atoms with Gasteiger partial charge in [-0.25, -0.2) is 13.1 Å². The minimum absolute atomic E-state index is 0.159. The van der Waals surface area contributed by atoms with Crippen LogP contribution in [-0.4, -0.2) is 32.8 Å². The van der Waals surface area contributed by atoms with Crippen LogP contribution in [0.3, 0.4) is 0 Å². The van der Waals surface area contributed by atoms with Crippen molar-refractivity contribution in [3.05, 3.63) is 24.3 Å². The quantitative estimate of drug-likeness (QED) is 0.781. The maximum absolute atomic E-state index is 11.9. The van der Waals surface area contributed by atoms with Crippen LogP contribution in [0.4, 0.5) is 0 Å². The molecule has 0 aliphatic heterocycles. The minimum atomic E-state index is -3.57. The number of hydrogen-bond donors (Lipinski definition) is 2. The molecular formula is C12H19NO4S. The van der Waals surface area contributed by atoms with Crippen molar-refractivity contribution in [2.24, 2.45) is 0 Å². The Hall–Kier alpha value is -1.11. The van der Waals surface area contributed by atoms with Gasteiger partial charge in [0.2, 0.25) is 10.0 Å². The second-order valence-corrected chi connectivity index (χ2v) is 5.74. The number of hydrogen-bond acceptors (Lipinski definition) is 4. The van der Waals surface area contributed by atoms with Crippen molar-refractivity contribution in [2.75, 3.05) is 13.2 Å². The largest absolute Gasteiger partial charge is 0.494 e. The predicted molar refractivity (Wildman–Crippen MR) is 69.1 cm³/mol. The summed E-state index contributed by atoms with van der Waals surface area (Å²) in [7, 11) is -3.57. The second kappa shape index (κ2) is 6.72. The lowest BCUT2D eigenvalue weighted by Gasteiger charge is -2.12. The Morgan fingerprint density at radius 2 is 1.94 bits per heavy atom. The molecule has 1 rings (SSSR count). The van der Waals surface area contributed by atoms with Gasteiger partial charge in [-0.15, -0.1) is 0 Å². The zero-order chi connectivity index (χ0) is 13.6. The first kappa shape index (κ1) is 14.9. The molecule has 18 heavy (non-hydrogen) atoms. The second-order valence-electron chi connectivity index (χ2n) is 4.02. The van der Waals surface area contributed by atoms with Crippen molar-refractivity contribution < 1.29 is 18.3 Å². The summed E-state index contributed by atoms with van der Waals surface area (Å²) in [6, 6.07) is 5.70. The van der Waals surface area contributed by atoms with E-state index in [0.29, 0.717) is 12.4 Å². The number of sulfonamides is 1. The summed E-state index contributed by atoms with van der Waals surface area (Å²) < 4.78 is 31.5. The smallest absolute Gasteiger partial charge is 0.240 e. The monoisotopic (exact) mass is 273 g/mol. The molecule has 6 heteroatoms. The molecule has 2 N–H and O–H groups in total. The molecule has 0 aromatic heterocycles. The lowest BCUT2D eigenvalue weighted by atomic mass is 10.3. The van der Waals surface area contributed by atoms with Gasteiger partial charge in [-0.3, -0.25) is 0 Å². The van der Waals surface area contributed by atoms with Crippen molar-refractivity contribution in [1.29, 1.82) is 0 Å². The van der Waals surface area contributed by atoms with Gasteiger partial charge in [-0.2, -0.15) is 0 Å². The highest BCUT2D eigenvalue weighted by Crippen LogP contribution is 2.16. The Morgan fingerprint density at radius 3 is 2.44 bits per heavy atom. The molecule has 102 valence electrons. The Bertz CT molecular complexity index is 455. The average molecular weight is 273 g/mol. The average Bonchev–Trinajstić information content (AvgIpc) is 2.36. The fourth-order valence-electron chi connectivity index (χ4n) is 1.31. The van der Waals surface area contributed by atoms with E-state index >= 15 is 0 Å². The van der Waals surface area contributed by atoms with E-state index in [0.717, 1.165) is 6.42 Å². The number of aliphatic hydroxyl groups excluding tert-OH is 1. The number of aliphatic hydroxyl groups is 1. The van der Waals surface area contributed by atoms with Gasteiger partial charge in [0.05, 0.1) is 18.1 Å². The molecule has 0 spiro atoms. The molecule has 0 aliphatic rings. The molecule has 1 atom stereocenters. The molecule has 0 radical (unpaired) electrons. The molecule has 0 saturated heterocycles. The Balaban J connectivity index is 2.77. The van der Waals surface area contributed by atoms with Crippen molar-refractivity contribution in [1.82, 2.24) is 4.72 Å². The minimum Gasteiger partial charge on any atom is -0.494 e. The highest BCUT2D eigenvalue weighted by molar-refractivity contribution is 7.89. The molecule has 0 fully saturated rings. The molecule has 0 bridgehead atoms. The number of benzene rings is 1. The normalized spacial score (nSPS) is 13.3. The van der Waals surface area contributed by atoms with Crippen LogP contribution >= 0.6 is 0 Å². The van der Waals surface area contributed by atoms with Crippen LogP contribution < -0.4 is 9.46 Å². The topological polar surface area (TPSA) is 75.6 Å². The van der Waals surface area contributed by atoms with Crippen molar-refractivity contribution in [2.45, 2.75) is 31.2 Å². The highest BCUT2D eigenvalue weighted by Gasteiger charge is 2.16. The van der Waals surface area contributed by atoms with Gasteiger partial charge in [-0.1, -0.05) is 6.92 Å². The first-order valence-electron chi connectivity index (χ1n) is 5.85. The predicted octanol–water partition coefficient (Wildman–Crippen LogP) is 1.13. The van der Waals surface area contributed by atoms with E-state index in [1.165, 1.54) is 12.1 Å². The van der Waals surface area contributed by atoms with E-state index in [9.17, 15) is 8.42 Å². The summed E-state index contributed by atoms with van der Waals surface area (Å²) in [6.45, 7) is 3.96. The Kier molecular flexibility index (Phi) is 5.58. The maximum Gasteiger partial charge on any atom is 0.240 e. The third kappa shape index (κ3) is 4.29. The van der Waals surface area contributed by atoms with Crippen LogP contribution in [-0.2, 0) is 10.0 Å². The van der Waals surface area contributed by atoms with E-state index in [4.69, 9.17) is 9.84 Å².